The van der Waals surface area contributed by atoms with Gasteiger partial charge in [-0.25, -0.2) is 0 Å². The number of H-pyrrole nitrogens is 1. The van der Waals surface area contributed by atoms with Crippen LogP contribution in [0.15, 0.2) is 34.8 Å². The second kappa shape index (κ2) is 8.48. The van der Waals surface area contributed by atoms with E-state index < -0.39 is 0 Å². The molecule has 2 aliphatic heterocycles. The summed E-state index contributed by atoms with van der Waals surface area (Å²) in [6.07, 6.45) is 2.52. The summed E-state index contributed by atoms with van der Waals surface area (Å²) < 4.78 is 6.98. The third-order valence-corrected chi connectivity index (χ3v) is 8.78. The maximum Gasteiger partial charge on any atom is 0.195 e. The summed E-state index contributed by atoms with van der Waals surface area (Å²) >= 11 is 3.79. The summed E-state index contributed by atoms with van der Waals surface area (Å²) in [5, 5.41) is 13.7. The zero-order valence-electron chi connectivity index (χ0n) is 20.1. The van der Waals surface area contributed by atoms with Gasteiger partial charge in [-0.2, -0.15) is 5.26 Å². The Morgan fingerprint density at radius 3 is 2.71 bits per heavy atom. The lowest BCUT2D eigenvalue weighted by Gasteiger charge is -2.40. The molecule has 3 aromatic rings. The molecule has 1 aromatic heterocycles. The first-order valence-electron chi connectivity index (χ1n) is 12.4. The van der Waals surface area contributed by atoms with Crippen molar-refractivity contribution in [3.63, 3.8) is 0 Å². The molecule has 1 aliphatic carbocycles. The Bertz CT molecular complexity index is 1370. The van der Waals surface area contributed by atoms with Crippen LogP contribution in [-0.2, 0) is 10.2 Å². The number of nitrogens with one attached hydrogen (secondary N) is 2. The van der Waals surface area contributed by atoms with Crippen molar-refractivity contribution in [2.45, 2.75) is 38.2 Å². The number of morpholine rings is 1. The van der Waals surface area contributed by atoms with Crippen LogP contribution in [-0.4, -0.2) is 49.7 Å². The third kappa shape index (κ3) is 3.62. The van der Waals surface area contributed by atoms with Gasteiger partial charge in [0, 0.05) is 58.2 Å². The van der Waals surface area contributed by atoms with Gasteiger partial charge in [-0.15, -0.1) is 0 Å². The minimum absolute atomic E-state index is 0.0400. The number of carbonyl (C=O) groups is 1. The molecule has 180 valence electrons. The number of rotatable bonds is 2. The monoisotopic (exact) mass is 532 g/mol. The van der Waals surface area contributed by atoms with Crippen molar-refractivity contribution in [1.29, 1.82) is 5.26 Å². The van der Waals surface area contributed by atoms with E-state index in [-0.39, 0.29) is 11.2 Å². The molecule has 2 aromatic carbocycles. The van der Waals surface area contributed by atoms with Crippen molar-refractivity contribution < 1.29 is 9.53 Å². The van der Waals surface area contributed by atoms with Crippen LogP contribution in [0.3, 0.4) is 0 Å². The van der Waals surface area contributed by atoms with Gasteiger partial charge in [0.2, 0.25) is 0 Å². The number of piperidine rings is 1. The van der Waals surface area contributed by atoms with E-state index in [0.29, 0.717) is 17.6 Å². The first kappa shape index (κ1) is 22.8. The first-order chi connectivity index (χ1) is 16.9. The first-order valence-corrected chi connectivity index (χ1v) is 13.2. The molecule has 0 saturated carbocycles. The van der Waals surface area contributed by atoms with Gasteiger partial charge in [0.15, 0.2) is 5.78 Å². The Morgan fingerprint density at radius 2 is 2.00 bits per heavy atom. The summed E-state index contributed by atoms with van der Waals surface area (Å²) in [6, 6.07) is 11.9. The fourth-order valence-electron chi connectivity index (χ4n) is 6.15. The fourth-order valence-corrected chi connectivity index (χ4v) is 6.74. The maximum absolute atomic E-state index is 13.7. The van der Waals surface area contributed by atoms with E-state index in [0.717, 1.165) is 89.1 Å². The van der Waals surface area contributed by atoms with Gasteiger partial charge < -0.3 is 19.9 Å². The molecule has 3 heterocycles. The number of aromatic amines is 1. The number of ether oxygens (including phenoxy) is 1. The number of nitrogens with zero attached hydrogens (tertiary/aromatic N) is 2. The molecule has 2 saturated heterocycles. The van der Waals surface area contributed by atoms with E-state index in [4.69, 9.17) is 4.74 Å². The van der Waals surface area contributed by atoms with Gasteiger partial charge in [0.05, 0.1) is 35.6 Å². The number of fused-ring (bicyclic) bond motifs is 4. The molecule has 1 atom stereocenters. The third-order valence-electron chi connectivity index (χ3n) is 8.15. The molecule has 2 fully saturated rings. The van der Waals surface area contributed by atoms with Crippen molar-refractivity contribution in [1.82, 2.24) is 10.3 Å². The molecule has 6 nitrogen and oxygen atoms in total. The summed E-state index contributed by atoms with van der Waals surface area (Å²) in [5.74, 6) is 0.624. The van der Waals surface area contributed by atoms with Gasteiger partial charge in [-0.1, -0.05) is 19.9 Å². The second-order valence-corrected chi connectivity index (χ2v) is 11.3. The predicted octanol–water partition coefficient (Wildman–Crippen LogP) is 4.88. The van der Waals surface area contributed by atoms with E-state index >= 15 is 0 Å². The topological polar surface area (TPSA) is 81.2 Å². The molecule has 35 heavy (non-hydrogen) atoms. The van der Waals surface area contributed by atoms with Gasteiger partial charge >= 0.3 is 0 Å². The number of hydrogen-bond donors (Lipinski definition) is 2. The van der Waals surface area contributed by atoms with E-state index in [1.165, 1.54) is 0 Å². The lowest BCUT2D eigenvalue weighted by Crippen LogP contribution is -2.46. The van der Waals surface area contributed by atoms with Crippen LogP contribution in [0.5, 0.6) is 0 Å². The van der Waals surface area contributed by atoms with E-state index in [9.17, 15) is 10.1 Å². The molecule has 1 unspecified atom stereocenters. The quantitative estimate of drug-likeness (QED) is 0.491. The highest BCUT2D eigenvalue weighted by molar-refractivity contribution is 9.10. The lowest BCUT2D eigenvalue weighted by molar-refractivity contribution is -0.0155. The molecule has 0 spiro atoms. The smallest absolute Gasteiger partial charge is 0.195 e. The SMILES string of the molecule is CC1(C)c2cc(N3CCC(C4CNCCO4)CC3)c(Br)cc2C(=O)c2c1[nH]c1cc(C#N)ccc21. The Kier molecular flexibility index (Phi) is 5.52. The number of halogens is 1. The minimum atomic E-state index is -0.375. The highest BCUT2D eigenvalue weighted by Gasteiger charge is 2.41. The number of aromatic nitrogens is 1. The van der Waals surface area contributed by atoms with Crippen molar-refractivity contribution in [2.75, 3.05) is 37.7 Å². The number of hydrogen-bond acceptors (Lipinski definition) is 5. The van der Waals surface area contributed by atoms with Crippen molar-refractivity contribution >= 4 is 38.3 Å². The highest BCUT2D eigenvalue weighted by Crippen LogP contribution is 2.46. The summed E-state index contributed by atoms with van der Waals surface area (Å²) in [7, 11) is 0. The average Bonchev–Trinajstić information content (AvgIpc) is 3.28. The number of anilines is 1. The Labute approximate surface area is 213 Å². The largest absolute Gasteiger partial charge is 0.375 e. The Hall–Kier alpha value is -2.66. The zero-order chi connectivity index (χ0) is 24.3. The van der Waals surface area contributed by atoms with Gasteiger partial charge in [-0.05, 0) is 64.5 Å². The van der Waals surface area contributed by atoms with E-state index in [1.807, 2.05) is 18.2 Å². The molecule has 6 rings (SSSR count). The van der Waals surface area contributed by atoms with Crippen LogP contribution >= 0.6 is 15.9 Å². The second-order valence-electron chi connectivity index (χ2n) is 10.5. The Morgan fingerprint density at radius 1 is 1.20 bits per heavy atom. The zero-order valence-corrected chi connectivity index (χ0v) is 21.7. The van der Waals surface area contributed by atoms with Crippen LogP contribution in [0, 0.1) is 17.2 Å². The molecule has 3 aliphatic rings. The highest BCUT2D eigenvalue weighted by atomic mass is 79.9. The molecular formula is C28H29BrN4O2. The maximum atomic E-state index is 13.7. The molecule has 7 heteroatoms. The molecule has 0 amide bonds. The van der Waals surface area contributed by atoms with Crippen LogP contribution in [0.25, 0.3) is 10.9 Å². The number of benzene rings is 2. The lowest BCUT2D eigenvalue weighted by atomic mass is 9.71. The van der Waals surface area contributed by atoms with Gasteiger partial charge in [0.25, 0.3) is 0 Å². The van der Waals surface area contributed by atoms with Crippen LogP contribution in [0.4, 0.5) is 5.69 Å². The Balaban J connectivity index is 1.35. The van der Waals surface area contributed by atoms with Crippen molar-refractivity contribution in [2.24, 2.45) is 5.92 Å². The van der Waals surface area contributed by atoms with Crippen molar-refractivity contribution in [3.05, 3.63) is 62.8 Å². The summed E-state index contributed by atoms with van der Waals surface area (Å²) in [6.45, 7) is 9.01. The summed E-state index contributed by atoms with van der Waals surface area (Å²) in [5.41, 5.74) is 5.64. The summed E-state index contributed by atoms with van der Waals surface area (Å²) in [4.78, 5) is 19.7. The molecule has 2 N–H and O–H groups in total. The molecule has 0 radical (unpaired) electrons. The van der Waals surface area contributed by atoms with Crippen LogP contribution < -0.4 is 10.2 Å². The average molecular weight is 533 g/mol. The number of ketones is 1. The van der Waals surface area contributed by atoms with Crippen LogP contribution in [0.1, 0.15) is 59.4 Å². The number of nitriles is 1. The standard InChI is InChI=1S/C28H29BrN4O2/c1-28(2)20-13-23(33-8-5-17(6-9-33)24-15-31-7-10-35-24)21(29)12-19(20)26(34)25-18-4-3-16(14-30)11-22(18)32-27(25)28/h3-4,11-13,17,24,31-32H,5-10,15H2,1-2H3. The van der Waals surface area contributed by atoms with Gasteiger partial charge in [-0.3, -0.25) is 4.79 Å². The number of carbonyl (C=O) groups excluding carboxylic acids is 1. The fraction of sp³-hybridized carbons (Fsp3) is 0.429. The van der Waals surface area contributed by atoms with E-state index in [2.05, 4.69) is 57.1 Å². The predicted molar refractivity (Wildman–Crippen MR) is 140 cm³/mol. The molecular weight excluding hydrogens is 504 g/mol. The van der Waals surface area contributed by atoms with Gasteiger partial charge in [0.1, 0.15) is 0 Å². The van der Waals surface area contributed by atoms with E-state index in [1.54, 1.807) is 6.07 Å². The molecule has 0 bridgehead atoms. The normalized spacial score (nSPS) is 22.1. The van der Waals surface area contributed by atoms with Crippen LogP contribution in [0.2, 0.25) is 0 Å². The minimum Gasteiger partial charge on any atom is -0.375 e. The van der Waals surface area contributed by atoms with Crippen molar-refractivity contribution in [3.8, 4) is 6.07 Å².